The Morgan fingerprint density at radius 1 is 1.07 bits per heavy atom. The molecule has 0 saturated carbocycles. The molecule has 0 spiro atoms. The van der Waals surface area contributed by atoms with Crippen LogP contribution in [0.1, 0.15) is 12.5 Å². The van der Waals surface area contributed by atoms with E-state index < -0.39 is 0 Å². The highest BCUT2D eigenvalue weighted by Gasteiger charge is 2.18. The van der Waals surface area contributed by atoms with E-state index in [0.29, 0.717) is 11.7 Å². The van der Waals surface area contributed by atoms with Gasteiger partial charge < -0.3 is 15.0 Å². The summed E-state index contributed by atoms with van der Waals surface area (Å²) in [6.07, 6.45) is 5.23. The average molecular weight is 373 g/mol. The van der Waals surface area contributed by atoms with E-state index >= 15 is 0 Å². The fraction of sp³-hybridized carbons (Fsp3) is 0.143. The minimum atomic E-state index is -0.168. The fourth-order valence-corrected chi connectivity index (χ4v) is 3.19. The number of aryl methyl sites for hydroxylation is 1. The zero-order valence-corrected chi connectivity index (χ0v) is 15.8. The van der Waals surface area contributed by atoms with Crippen LogP contribution in [0.4, 0.5) is 5.82 Å². The second kappa shape index (κ2) is 7.11. The molecule has 7 heteroatoms. The van der Waals surface area contributed by atoms with Gasteiger partial charge in [-0.2, -0.15) is 0 Å². The van der Waals surface area contributed by atoms with Crippen molar-refractivity contribution >= 4 is 22.8 Å². The number of H-pyrrole nitrogens is 1. The van der Waals surface area contributed by atoms with Gasteiger partial charge in [0.2, 0.25) is 11.8 Å². The molecule has 7 nitrogen and oxygen atoms in total. The maximum Gasteiger partial charge on any atom is 0.222 e. The van der Waals surface area contributed by atoms with Crippen molar-refractivity contribution in [3.63, 3.8) is 0 Å². The number of carbonyl (C=O) groups is 1. The summed E-state index contributed by atoms with van der Waals surface area (Å²) in [7, 11) is 1.59. The van der Waals surface area contributed by atoms with Crippen LogP contribution in [0.15, 0.2) is 48.9 Å². The number of carbonyl (C=O) groups excluding carboxylic acids is 1. The third-order valence-electron chi connectivity index (χ3n) is 4.48. The molecule has 4 heterocycles. The SMILES string of the molecule is COc1ccc(-c2c(-c3ccnc(NC(C)=O)c3)[nH]c3c(C)ccnc23)cn1. The van der Waals surface area contributed by atoms with E-state index in [1.54, 1.807) is 25.7 Å². The third-order valence-corrected chi connectivity index (χ3v) is 4.48. The summed E-state index contributed by atoms with van der Waals surface area (Å²) in [6, 6.07) is 9.47. The van der Waals surface area contributed by atoms with Gasteiger partial charge in [0.05, 0.1) is 23.8 Å². The lowest BCUT2D eigenvalue weighted by molar-refractivity contribution is -0.114. The van der Waals surface area contributed by atoms with Gasteiger partial charge in [-0.05, 0) is 36.8 Å². The number of anilines is 1. The first-order valence-electron chi connectivity index (χ1n) is 8.78. The molecule has 140 valence electrons. The Kier molecular flexibility index (Phi) is 4.49. The van der Waals surface area contributed by atoms with Gasteiger partial charge in [-0.1, -0.05) is 0 Å². The van der Waals surface area contributed by atoms with Gasteiger partial charge in [-0.25, -0.2) is 9.97 Å². The normalized spacial score (nSPS) is 10.8. The van der Waals surface area contributed by atoms with Crippen molar-refractivity contribution in [1.29, 1.82) is 0 Å². The highest BCUT2D eigenvalue weighted by Crippen LogP contribution is 2.38. The zero-order chi connectivity index (χ0) is 19.7. The van der Waals surface area contributed by atoms with Crippen LogP contribution in [-0.4, -0.2) is 33.0 Å². The summed E-state index contributed by atoms with van der Waals surface area (Å²) in [5, 5.41) is 2.73. The average Bonchev–Trinajstić information content (AvgIpc) is 3.09. The predicted molar refractivity (Wildman–Crippen MR) is 108 cm³/mol. The van der Waals surface area contributed by atoms with Crippen molar-refractivity contribution < 1.29 is 9.53 Å². The van der Waals surface area contributed by atoms with E-state index in [4.69, 9.17) is 4.74 Å². The molecule has 2 N–H and O–H groups in total. The molecule has 0 saturated heterocycles. The van der Waals surface area contributed by atoms with Crippen LogP contribution >= 0.6 is 0 Å². The van der Waals surface area contributed by atoms with Crippen molar-refractivity contribution in [1.82, 2.24) is 19.9 Å². The van der Waals surface area contributed by atoms with E-state index in [-0.39, 0.29) is 5.91 Å². The molecule has 0 unspecified atom stereocenters. The fourth-order valence-electron chi connectivity index (χ4n) is 3.19. The Morgan fingerprint density at radius 3 is 2.61 bits per heavy atom. The Bertz CT molecular complexity index is 1170. The molecule has 4 rings (SSSR count). The summed E-state index contributed by atoms with van der Waals surface area (Å²) < 4.78 is 5.18. The smallest absolute Gasteiger partial charge is 0.222 e. The number of aromatic amines is 1. The van der Waals surface area contributed by atoms with Gasteiger partial charge in [0, 0.05) is 48.3 Å². The van der Waals surface area contributed by atoms with Gasteiger partial charge in [-0.3, -0.25) is 9.78 Å². The van der Waals surface area contributed by atoms with Crippen LogP contribution < -0.4 is 10.1 Å². The first-order chi connectivity index (χ1) is 13.6. The summed E-state index contributed by atoms with van der Waals surface area (Å²) in [5.74, 6) is 0.872. The zero-order valence-electron chi connectivity index (χ0n) is 15.8. The maximum absolute atomic E-state index is 11.4. The van der Waals surface area contributed by atoms with E-state index in [2.05, 4.69) is 25.3 Å². The van der Waals surface area contributed by atoms with E-state index in [9.17, 15) is 4.79 Å². The summed E-state index contributed by atoms with van der Waals surface area (Å²) >= 11 is 0. The number of nitrogens with one attached hydrogen (secondary N) is 2. The molecule has 1 amide bonds. The molecule has 0 aromatic carbocycles. The van der Waals surface area contributed by atoms with Crippen LogP contribution in [0, 0.1) is 6.92 Å². The van der Waals surface area contributed by atoms with Crippen LogP contribution in [-0.2, 0) is 4.79 Å². The van der Waals surface area contributed by atoms with Crippen LogP contribution in [0.5, 0.6) is 5.88 Å². The Hall–Kier alpha value is -3.74. The molecule has 0 aliphatic heterocycles. The first-order valence-corrected chi connectivity index (χ1v) is 8.78. The highest BCUT2D eigenvalue weighted by molar-refractivity contribution is 6.02. The molecular formula is C21H19N5O2. The number of nitrogens with zero attached hydrogens (tertiary/aromatic N) is 3. The Labute approximate surface area is 161 Å². The Balaban J connectivity index is 1.95. The van der Waals surface area contributed by atoms with Crippen LogP contribution in [0.3, 0.4) is 0 Å². The monoisotopic (exact) mass is 373 g/mol. The predicted octanol–water partition coefficient (Wildman–Crippen LogP) is 3.96. The maximum atomic E-state index is 11.4. The first kappa shape index (κ1) is 17.7. The minimum absolute atomic E-state index is 0.168. The van der Waals surface area contributed by atoms with Crippen molar-refractivity contribution in [3.05, 3.63) is 54.5 Å². The van der Waals surface area contributed by atoms with E-state index in [1.807, 2.05) is 37.3 Å². The largest absolute Gasteiger partial charge is 0.481 e. The number of hydrogen-bond acceptors (Lipinski definition) is 5. The summed E-state index contributed by atoms with van der Waals surface area (Å²) in [4.78, 5) is 28.1. The van der Waals surface area contributed by atoms with E-state index in [1.165, 1.54) is 6.92 Å². The van der Waals surface area contributed by atoms with Crippen LogP contribution in [0.25, 0.3) is 33.4 Å². The lowest BCUT2D eigenvalue weighted by Gasteiger charge is -2.08. The number of methoxy groups -OCH3 is 1. The number of fused-ring (bicyclic) bond motifs is 1. The molecule has 0 fully saturated rings. The van der Waals surface area contributed by atoms with Gasteiger partial charge >= 0.3 is 0 Å². The van der Waals surface area contributed by atoms with Crippen molar-refractivity contribution in [2.45, 2.75) is 13.8 Å². The molecule has 0 atom stereocenters. The number of pyridine rings is 3. The number of rotatable bonds is 4. The molecule has 28 heavy (non-hydrogen) atoms. The van der Waals surface area contributed by atoms with Gasteiger partial charge in [-0.15, -0.1) is 0 Å². The van der Waals surface area contributed by atoms with Gasteiger partial charge in [0.1, 0.15) is 5.82 Å². The standard InChI is InChI=1S/C21H19N5O2/c1-12-6-8-23-21-18(15-4-5-17(28-3)24-11-15)20(26-19(12)21)14-7-9-22-16(10-14)25-13(2)27/h4-11,26H,1-3H3,(H,22,25,27). The second-order valence-corrected chi connectivity index (χ2v) is 6.43. The molecule has 0 radical (unpaired) electrons. The lowest BCUT2D eigenvalue weighted by Crippen LogP contribution is -2.07. The van der Waals surface area contributed by atoms with Crippen molar-refractivity contribution in [3.8, 4) is 28.3 Å². The summed E-state index contributed by atoms with van der Waals surface area (Å²) in [5.41, 5.74) is 6.54. The van der Waals surface area contributed by atoms with Gasteiger partial charge in [0.15, 0.2) is 0 Å². The molecule has 0 aliphatic carbocycles. The topological polar surface area (TPSA) is 92.8 Å². The van der Waals surface area contributed by atoms with E-state index in [0.717, 1.165) is 39.0 Å². The van der Waals surface area contributed by atoms with Crippen molar-refractivity contribution in [2.75, 3.05) is 12.4 Å². The number of amides is 1. The van der Waals surface area contributed by atoms with Crippen molar-refractivity contribution in [2.24, 2.45) is 0 Å². The molecule has 4 aromatic rings. The molecular weight excluding hydrogens is 354 g/mol. The minimum Gasteiger partial charge on any atom is -0.481 e. The Morgan fingerprint density at radius 2 is 1.89 bits per heavy atom. The quantitative estimate of drug-likeness (QED) is 0.565. The summed E-state index contributed by atoms with van der Waals surface area (Å²) in [6.45, 7) is 3.49. The number of ether oxygens (including phenoxy) is 1. The lowest BCUT2D eigenvalue weighted by atomic mass is 10.0. The van der Waals surface area contributed by atoms with Crippen LogP contribution in [0.2, 0.25) is 0 Å². The second-order valence-electron chi connectivity index (χ2n) is 6.43. The number of hydrogen-bond donors (Lipinski definition) is 2. The van der Waals surface area contributed by atoms with Gasteiger partial charge in [0.25, 0.3) is 0 Å². The third kappa shape index (κ3) is 3.18. The highest BCUT2D eigenvalue weighted by atomic mass is 16.5. The number of aromatic nitrogens is 4. The molecule has 0 bridgehead atoms. The molecule has 4 aromatic heterocycles. The molecule has 0 aliphatic rings.